The average Bonchev–Trinajstić information content (AvgIpc) is 2.86. The molecule has 184 valence electrons. The molecule has 2 aliphatic heterocycles. The van der Waals surface area contributed by atoms with Crippen LogP contribution >= 0.6 is 0 Å². The first-order valence-electron chi connectivity index (χ1n) is 11.9. The zero-order valence-electron chi connectivity index (χ0n) is 19.3. The van der Waals surface area contributed by atoms with E-state index < -0.39 is 10.0 Å². The number of piperidine rings is 1. The first-order chi connectivity index (χ1) is 16.5. The van der Waals surface area contributed by atoms with Crippen molar-refractivity contribution in [2.24, 2.45) is 0 Å². The summed E-state index contributed by atoms with van der Waals surface area (Å²) in [7, 11) is -3.63. The van der Waals surface area contributed by atoms with Crippen molar-refractivity contribution in [2.75, 3.05) is 43.1 Å². The zero-order chi connectivity index (χ0) is 23.8. The number of nitrogens with zero attached hydrogens (tertiary/aromatic N) is 2. The summed E-state index contributed by atoms with van der Waals surface area (Å²) in [5.74, 6) is 1.78. The number of carbonyl (C=O) groups is 1. The number of anilines is 2. The maximum absolute atomic E-state index is 12.5. The van der Waals surface area contributed by atoms with Gasteiger partial charge in [-0.1, -0.05) is 6.42 Å². The lowest BCUT2D eigenvalue weighted by atomic mass is 10.1. The van der Waals surface area contributed by atoms with Crippen molar-refractivity contribution in [3.8, 4) is 11.5 Å². The molecule has 1 amide bonds. The SMILES string of the molecule is O=C(CCCCCNS(=O)(=O)c1ccc2c(c1)OCCO2)Nc1cccnc1N1CCCCC1. The van der Waals surface area contributed by atoms with Gasteiger partial charge in [-0.15, -0.1) is 0 Å². The van der Waals surface area contributed by atoms with Gasteiger partial charge in [-0.25, -0.2) is 18.1 Å². The molecule has 2 N–H and O–H groups in total. The fraction of sp³-hybridized carbons (Fsp3) is 0.500. The van der Waals surface area contributed by atoms with E-state index in [1.165, 1.54) is 18.6 Å². The van der Waals surface area contributed by atoms with Gasteiger partial charge in [-0.2, -0.15) is 0 Å². The number of benzene rings is 1. The molecular formula is C24H32N4O5S. The number of fused-ring (bicyclic) bond motifs is 1. The zero-order valence-corrected chi connectivity index (χ0v) is 20.1. The number of amides is 1. The third-order valence-electron chi connectivity index (χ3n) is 5.91. The van der Waals surface area contributed by atoms with Crippen molar-refractivity contribution in [3.63, 3.8) is 0 Å². The van der Waals surface area contributed by atoms with Crippen LogP contribution in [0.1, 0.15) is 44.9 Å². The van der Waals surface area contributed by atoms with Crippen LogP contribution in [0.15, 0.2) is 41.4 Å². The maximum atomic E-state index is 12.5. The Labute approximate surface area is 200 Å². The van der Waals surface area contributed by atoms with E-state index in [1.54, 1.807) is 12.3 Å². The lowest BCUT2D eigenvalue weighted by Crippen LogP contribution is -2.31. The lowest BCUT2D eigenvalue weighted by molar-refractivity contribution is -0.116. The van der Waals surface area contributed by atoms with Crippen LogP contribution in [0.2, 0.25) is 0 Å². The van der Waals surface area contributed by atoms with Crippen molar-refractivity contribution in [2.45, 2.75) is 49.8 Å². The van der Waals surface area contributed by atoms with Crippen LogP contribution < -0.4 is 24.4 Å². The molecule has 1 saturated heterocycles. The van der Waals surface area contributed by atoms with Crippen molar-refractivity contribution >= 4 is 27.4 Å². The fourth-order valence-corrected chi connectivity index (χ4v) is 5.22. The highest BCUT2D eigenvalue weighted by atomic mass is 32.2. The molecule has 10 heteroatoms. The van der Waals surface area contributed by atoms with Gasteiger partial charge in [0, 0.05) is 38.3 Å². The summed E-state index contributed by atoms with van der Waals surface area (Å²) in [4.78, 5) is 19.3. The Morgan fingerprint density at radius 3 is 2.62 bits per heavy atom. The predicted octanol–water partition coefficient (Wildman–Crippen LogP) is 3.32. The van der Waals surface area contributed by atoms with E-state index in [4.69, 9.17) is 9.47 Å². The molecule has 34 heavy (non-hydrogen) atoms. The molecule has 1 aromatic carbocycles. The monoisotopic (exact) mass is 488 g/mol. The highest BCUT2D eigenvalue weighted by molar-refractivity contribution is 7.89. The van der Waals surface area contributed by atoms with Gasteiger partial charge in [0.15, 0.2) is 17.3 Å². The van der Waals surface area contributed by atoms with Crippen LogP contribution in [0.25, 0.3) is 0 Å². The number of aromatic nitrogens is 1. The van der Waals surface area contributed by atoms with Crippen LogP contribution in [0.4, 0.5) is 11.5 Å². The normalized spacial score (nSPS) is 15.7. The Kier molecular flexibility index (Phi) is 8.23. The highest BCUT2D eigenvalue weighted by Gasteiger charge is 2.19. The molecule has 0 aliphatic carbocycles. The summed E-state index contributed by atoms with van der Waals surface area (Å²) in [5.41, 5.74) is 0.751. The molecule has 0 spiro atoms. The number of sulfonamides is 1. The number of hydrogen-bond acceptors (Lipinski definition) is 7. The summed E-state index contributed by atoms with van der Waals surface area (Å²) in [6.07, 6.45) is 7.71. The Morgan fingerprint density at radius 1 is 1.00 bits per heavy atom. The molecule has 1 fully saturated rings. The van der Waals surface area contributed by atoms with Gasteiger partial charge >= 0.3 is 0 Å². The van der Waals surface area contributed by atoms with E-state index in [-0.39, 0.29) is 10.8 Å². The minimum atomic E-state index is -3.63. The van der Waals surface area contributed by atoms with E-state index in [0.29, 0.717) is 50.5 Å². The van der Waals surface area contributed by atoms with Gasteiger partial charge in [0.1, 0.15) is 13.2 Å². The fourth-order valence-electron chi connectivity index (χ4n) is 4.13. The maximum Gasteiger partial charge on any atom is 0.240 e. The van der Waals surface area contributed by atoms with Crippen molar-refractivity contribution in [3.05, 3.63) is 36.5 Å². The average molecular weight is 489 g/mol. The molecule has 2 aliphatic rings. The summed E-state index contributed by atoms with van der Waals surface area (Å²) in [6.45, 7) is 3.08. The van der Waals surface area contributed by atoms with E-state index in [9.17, 15) is 13.2 Å². The standard InChI is InChI=1S/C24H32N4O5S/c29-23(27-20-8-7-12-25-24(20)28-14-5-2-6-15-28)9-3-1-4-13-26-34(30,31)19-10-11-21-22(18-19)33-17-16-32-21/h7-8,10-12,18,26H,1-6,9,13-17H2,(H,27,29). The number of pyridine rings is 1. The van der Waals surface area contributed by atoms with E-state index in [0.717, 1.165) is 43.9 Å². The number of carbonyl (C=O) groups excluding carboxylic acids is 1. The largest absolute Gasteiger partial charge is 0.486 e. The predicted molar refractivity (Wildman–Crippen MR) is 130 cm³/mol. The number of unbranched alkanes of at least 4 members (excludes halogenated alkanes) is 2. The van der Waals surface area contributed by atoms with Crippen molar-refractivity contribution < 1.29 is 22.7 Å². The van der Waals surface area contributed by atoms with Crippen molar-refractivity contribution in [1.82, 2.24) is 9.71 Å². The quantitative estimate of drug-likeness (QED) is 0.494. The number of hydrogen-bond donors (Lipinski definition) is 2. The van der Waals surface area contributed by atoms with Crippen LogP contribution in [-0.4, -0.2) is 52.2 Å². The molecule has 2 aromatic rings. The lowest BCUT2D eigenvalue weighted by Gasteiger charge is -2.29. The minimum absolute atomic E-state index is 0.0527. The van der Waals surface area contributed by atoms with Gasteiger partial charge in [0.25, 0.3) is 0 Å². The molecule has 1 aromatic heterocycles. The Bertz CT molecular complexity index is 1090. The van der Waals surface area contributed by atoms with Gasteiger partial charge in [0.2, 0.25) is 15.9 Å². The van der Waals surface area contributed by atoms with Gasteiger partial charge in [-0.3, -0.25) is 4.79 Å². The minimum Gasteiger partial charge on any atom is -0.486 e. The van der Waals surface area contributed by atoms with E-state index >= 15 is 0 Å². The van der Waals surface area contributed by atoms with Gasteiger partial charge in [-0.05, 0) is 56.4 Å². The third kappa shape index (κ3) is 6.38. The second kappa shape index (κ2) is 11.5. The summed E-state index contributed by atoms with van der Waals surface area (Å²) >= 11 is 0. The number of nitrogens with one attached hydrogen (secondary N) is 2. The molecule has 9 nitrogen and oxygen atoms in total. The summed E-state index contributed by atoms with van der Waals surface area (Å²) < 4.78 is 38.6. The van der Waals surface area contributed by atoms with Crippen LogP contribution in [0.5, 0.6) is 11.5 Å². The number of ether oxygens (including phenoxy) is 2. The molecule has 0 unspecified atom stereocenters. The van der Waals surface area contributed by atoms with Crippen molar-refractivity contribution in [1.29, 1.82) is 0 Å². The molecule has 0 bridgehead atoms. The first kappa shape index (κ1) is 24.3. The van der Waals surface area contributed by atoms with Crippen LogP contribution in [-0.2, 0) is 14.8 Å². The van der Waals surface area contributed by atoms with Crippen LogP contribution in [0.3, 0.4) is 0 Å². The topological polar surface area (TPSA) is 110 Å². The van der Waals surface area contributed by atoms with Gasteiger partial charge in [0.05, 0.1) is 10.6 Å². The third-order valence-corrected chi connectivity index (χ3v) is 7.37. The van der Waals surface area contributed by atoms with E-state index in [2.05, 4.69) is 19.9 Å². The first-order valence-corrected chi connectivity index (χ1v) is 13.4. The number of rotatable bonds is 10. The Morgan fingerprint density at radius 2 is 1.79 bits per heavy atom. The second-order valence-electron chi connectivity index (χ2n) is 8.48. The van der Waals surface area contributed by atoms with E-state index in [1.807, 2.05) is 12.1 Å². The molecule has 3 heterocycles. The summed E-state index contributed by atoms with van der Waals surface area (Å²) in [6, 6.07) is 8.33. The molecule has 0 atom stereocenters. The molecule has 4 rings (SSSR count). The smallest absolute Gasteiger partial charge is 0.240 e. The molecule has 0 saturated carbocycles. The Hall–Kier alpha value is -2.85. The molecular weight excluding hydrogens is 456 g/mol. The summed E-state index contributed by atoms with van der Waals surface area (Å²) in [5, 5.41) is 2.99. The Balaban J connectivity index is 1.18. The molecule has 0 radical (unpaired) electrons. The highest BCUT2D eigenvalue weighted by Crippen LogP contribution is 2.32. The van der Waals surface area contributed by atoms with Gasteiger partial charge < -0.3 is 19.7 Å². The second-order valence-corrected chi connectivity index (χ2v) is 10.3. The van der Waals surface area contributed by atoms with Crippen LogP contribution in [0, 0.1) is 0 Å².